The second kappa shape index (κ2) is 14.5. The van der Waals surface area contributed by atoms with E-state index in [1.54, 1.807) is 0 Å². The molecule has 0 atom stereocenters. The molecule has 0 fully saturated rings. The van der Waals surface area contributed by atoms with Gasteiger partial charge in [0.1, 0.15) is 0 Å². The number of hydrogen-bond acceptors (Lipinski definition) is 2. The maximum atomic E-state index is 5.56. The Bertz CT molecular complexity index is 3860. The Morgan fingerprint density at radius 2 is 0.818 bits per heavy atom. The molecular weight excluding hydrogens is 815 g/mol. The molecule has 2 aliphatic rings. The van der Waals surface area contributed by atoms with Gasteiger partial charge in [0.2, 0.25) is 0 Å². The van der Waals surface area contributed by atoms with Crippen molar-refractivity contribution in [3.63, 3.8) is 0 Å². The van der Waals surface area contributed by atoms with Crippen molar-refractivity contribution in [2.45, 2.75) is 15.2 Å². The standard InChI is InChI=1S/C64H39NS/c1-2-17-40(18-3-1)41-33-35-42(36-34-41)59-47-23-4-6-25-49(47)60(50-26-7-5-24-48(50)59)43-19-16-20-44(39-43)62-52-37-38-56-63(61(52)51-27-10-14-31-57(51)65-62)66-58-32-15-13-30-55(58)64(56)53-28-11-8-21-45(53)46-22-9-12-29-54(46)64/h1-39H. The molecule has 0 unspecified atom stereocenters. The van der Waals surface area contributed by atoms with Gasteiger partial charge >= 0.3 is 0 Å². The Balaban J connectivity index is 0.995. The SMILES string of the molecule is c1ccc(-c2ccc(-c3c4ccccc4c(-c4cccc(-c5nc6ccccc6c6c7c(ccc56)C5(c6ccccc6S7)c6ccccc6-c6ccccc65)c4)c4ccccc34)cc2)cc1. The van der Waals surface area contributed by atoms with Crippen LogP contribution in [0.2, 0.25) is 0 Å². The largest absolute Gasteiger partial charge is 0.247 e. The fraction of sp³-hybridized carbons (Fsp3) is 0.0156. The number of nitrogens with zero attached hydrogens (tertiary/aromatic N) is 1. The van der Waals surface area contributed by atoms with E-state index in [4.69, 9.17) is 4.98 Å². The Kier molecular flexibility index (Phi) is 8.20. The molecule has 11 aromatic carbocycles. The minimum Gasteiger partial charge on any atom is -0.247 e. The molecule has 306 valence electrons. The molecule has 0 saturated carbocycles. The van der Waals surface area contributed by atoms with Crippen LogP contribution in [-0.2, 0) is 5.41 Å². The molecule has 1 nitrogen and oxygen atoms in total. The van der Waals surface area contributed by atoms with Gasteiger partial charge in [-0.3, -0.25) is 0 Å². The van der Waals surface area contributed by atoms with Gasteiger partial charge in [-0.15, -0.1) is 0 Å². The lowest BCUT2D eigenvalue weighted by molar-refractivity contribution is 0.726. The van der Waals surface area contributed by atoms with Gasteiger partial charge in [0.25, 0.3) is 0 Å². The van der Waals surface area contributed by atoms with Crippen molar-refractivity contribution >= 4 is 55.0 Å². The second-order valence-corrected chi connectivity index (χ2v) is 18.7. The summed E-state index contributed by atoms with van der Waals surface area (Å²) in [6, 6.07) is 87.5. The van der Waals surface area contributed by atoms with Gasteiger partial charge in [-0.05, 0) is 107 Å². The topological polar surface area (TPSA) is 12.9 Å². The van der Waals surface area contributed by atoms with E-state index in [0.717, 1.165) is 22.2 Å². The van der Waals surface area contributed by atoms with Crippen molar-refractivity contribution in [3.05, 3.63) is 259 Å². The highest BCUT2D eigenvalue weighted by molar-refractivity contribution is 7.99. The lowest BCUT2D eigenvalue weighted by Gasteiger charge is -2.40. The summed E-state index contributed by atoms with van der Waals surface area (Å²) < 4.78 is 0. The first-order chi connectivity index (χ1) is 32.8. The summed E-state index contributed by atoms with van der Waals surface area (Å²) >= 11 is 1.91. The Morgan fingerprint density at radius 1 is 0.318 bits per heavy atom. The number of pyridine rings is 1. The highest BCUT2D eigenvalue weighted by Gasteiger charge is 2.50. The van der Waals surface area contributed by atoms with Crippen LogP contribution in [0.15, 0.2) is 246 Å². The predicted octanol–water partition coefficient (Wildman–Crippen LogP) is 17.2. The number of benzene rings is 11. The average Bonchev–Trinajstić information content (AvgIpc) is 3.68. The van der Waals surface area contributed by atoms with Crippen molar-refractivity contribution in [3.8, 4) is 55.8 Å². The molecule has 2 heteroatoms. The van der Waals surface area contributed by atoms with E-state index >= 15 is 0 Å². The van der Waals surface area contributed by atoms with Crippen LogP contribution < -0.4 is 0 Å². The number of rotatable bonds is 4. The van der Waals surface area contributed by atoms with E-state index in [1.165, 1.54) is 109 Å². The number of aromatic nitrogens is 1. The zero-order valence-electron chi connectivity index (χ0n) is 35.9. The lowest BCUT2D eigenvalue weighted by Crippen LogP contribution is -2.32. The van der Waals surface area contributed by atoms with E-state index in [0.29, 0.717) is 0 Å². The van der Waals surface area contributed by atoms with Crippen LogP contribution in [0, 0.1) is 0 Å². The van der Waals surface area contributed by atoms with Gasteiger partial charge < -0.3 is 0 Å². The van der Waals surface area contributed by atoms with E-state index in [1.807, 2.05) is 11.8 Å². The molecule has 0 bridgehead atoms. The quantitative estimate of drug-likeness (QED) is 0.129. The Labute approximate surface area is 387 Å². The van der Waals surface area contributed by atoms with Crippen LogP contribution in [0.25, 0.3) is 99.0 Å². The van der Waals surface area contributed by atoms with E-state index < -0.39 is 5.41 Å². The molecule has 12 aromatic rings. The molecule has 0 saturated heterocycles. The predicted molar refractivity (Wildman–Crippen MR) is 277 cm³/mol. The third-order valence-corrected chi connectivity index (χ3v) is 15.5. The Morgan fingerprint density at radius 3 is 1.50 bits per heavy atom. The molecule has 1 aromatic heterocycles. The lowest BCUT2D eigenvalue weighted by atomic mass is 9.67. The number of fused-ring (bicyclic) bond motifs is 15. The minimum atomic E-state index is -0.457. The number of hydrogen-bond donors (Lipinski definition) is 0. The normalized spacial score (nSPS) is 13.2. The van der Waals surface area contributed by atoms with Crippen LogP contribution in [0.1, 0.15) is 22.3 Å². The summed E-state index contributed by atoms with van der Waals surface area (Å²) in [4.78, 5) is 8.16. The molecule has 1 aliphatic carbocycles. The highest BCUT2D eigenvalue weighted by Crippen LogP contribution is 2.63. The van der Waals surface area contributed by atoms with Crippen molar-refractivity contribution < 1.29 is 0 Å². The molecule has 66 heavy (non-hydrogen) atoms. The van der Waals surface area contributed by atoms with Gasteiger partial charge in [0, 0.05) is 31.5 Å². The summed E-state index contributed by atoms with van der Waals surface area (Å²) in [6.07, 6.45) is 0. The Hall–Kier alpha value is -8.04. The van der Waals surface area contributed by atoms with Crippen molar-refractivity contribution in [1.29, 1.82) is 0 Å². The van der Waals surface area contributed by atoms with Crippen LogP contribution in [-0.4, -0.2) is 4.98 Å². The van der Waals surface area contributed by atoms with Crippen molar-refractivity contribution in [2.24, 2.45) is 0 Å². The molecular formula is C64H39NS. The smallest absolute Gasteiger partial charge is 0.0788 e. The van der Waals surface area contributed by atoms with Crippen LogP contribution in [0.3, 0.4) is 0 Å². The maximum Gasteiger partial charge on any atom is 0.0788 e. The van der Waals surface area contributed by atoms with Gasteiger partial charge in [0.05, 0.1) is 16.6 Å². The zero-order valence-corrected chi connectivity index (χ0v) is 36.7. The molecule has 0 radical (unpaired) electrons. The van der Waals surface area contributed by atoms with Gasteiger partial charge in [0.15, 0.2) is 0 Å². The molecule has 1 aliphatic heterocycles. The first-order valence-corrected chi connectivity index (χ1v) is 23.6. The third-order valence-electron chi connectivity index (χ3n) is 14.3. The van der Waals surface area contributed by atoms with E-state index in [-0.39, 0.29) is 0 Å². The zero-order chi connectivity index (χ0) is 43.3. The molecule has 2 heterocycles. The first-order valence-electron chi connectivity index (χ1n) is 22.8. The van der Waals surface area contributed by atoms with Crippen molar-refractivity contribution in [2.75, 3.05) is 0 Å². The van der Waals surface area contributed by atoms with Crippen LogP contribution in [0.4, 0.5) is 0 Å². The number of para-hydroxylation sites is 1. The average molecular weight is 854 g/mol. The summed E-state index contributed by atoms with van der Waals surface area (Å²) in [6.45, 7) is 0. The van der Waals surface area contributed by atoms with Crippen LogP contribution in [0.5, 0.6) is 0 Å². The van der Waals surface area contributed by atoms with Gasteiger partial charge in [-0.2, -0.15) is 0 Å². The molecule has 0 N–H and O–H groups in total. The first kappa shape index (κ1) is 37.3. The fourth-order valence-electron chi connectivity index (χ4n) is 11.6. The minimum absolute atomic E-state index is 0.457. The summed E-state index contributed by atoms with van der Waals surface area (Å²) in [7, 11) is 0. The molecule has 1 spiro atoms. The summed E-state index contributed by atoms with van der Waals surface area (Å²) in [5.41, 5.74) is 18.0. The van der Waals surface area contributed by atoms with E-state index in [2.05, 4.69) is 237 Å². The molecule has 0 amide bonds. The van der Waals surface area contributed by atoms with Crippen molar-refractivity contribution in [1.82, 2.24) is 4.98 Å². The summed E-state index contributed by atoms with van der Waals surface area (Å²) in [5.74, 6) is 0. The highest BCUT2D eigenvalue weighted by atomic mass is 32.2. The molecule has 14 rings (SSSR count). The van der Waals surface area contributed by atoms with Crippen LogP contribution >= 0.6 is 11.8 Å². The monoisotopic (exact) mass is 853 g/mol. The second-order valence-electron chi connectivity index (χ2n) is 17.6. The third kappa shape index (κ3) is 5.28. The van der Waals surface area contributed by atoms with Gasteiger partial charge in [-0.25, -0.2) is 4.98 Å². The van der Waals surface area contributed by atoms with E-state index in [9.17, 15) is 0 Å². The fourth-order valence-corrected chi connectivity index (χ4v) is 13.0. The maximum absolute atomic E-state index is 5.56. The summed E-state index contributed by atoms with van der Waals surface area (Å²) in [5, 5.41) is 8.55. The van der Waals surface area contributed by atoms with Gasteiger partial charge in [-0.1, -0.05) is 230 Å².